The van der Waals surface area contributed by atoms with E-state index in [1.54, 1.807) is 18.3 Å². The Morgan fingerprint density at radius 1 is 0.382 bits per heavy atom. The first-order valence-corrected chi connectivity index (χ1v) is 18.7. The monoisotopic (exact) mass is 717 g/mol. The number of rotatable bonds is 13. The van der Waals surface area contributed by atoms with Crippen molar-refractivity contribution in [2.75, 3.05) is 0 Å². The normalized spacial score (nSPS) is 13.5. The second kappa shape index (κ2) is 17.1. The van der Waals surface area contributed by atoms with E-state index in [1.165, 1.54) is 12.3 Å². The van der Waals surface area contributed by atoms with Crippen LogP contribution in [0.3, 0.4) is 0 Å². The van der Waals surface area contributed by atoms with Crippen molar-refractivity contribution >= 4 is 0 Å². The zero-order valence-electron chi connectivity index (χ0n) is 36.8. The van der Waals surface area contributed by atoms with Gasteiger partial charge in [-0.05, 0) is 108 Å². The molecule has 3 aromatic heterocycles. The van der Waals surface area contributed by atoms with Crippen LogP contribution in [0.15, 0.2) is 182 Å². The number of aromatic nitrogens is 3. The predicted molar refractivity (Wildman–Crippen MR) is 228 cm³/mol. The lowest BCUT2D eigenvalue weighted by Crippen LogP contribution is -2.01. The van der Waals surface area contributed by atoms with Crippen LogP contribution in [0.25, 0.3) is 44.9 Å². The van der Waals surface area contributed by atoms with E-state index in [9.17, 15) is 8.22 Å². The van der Waals surface area contributed by atoms with Gasteiger partial charge >= 0.3 is 0 Å². The number of pyridine rings is 3. The molecule has 0 aliphatic heterocycles. The van der Waals surface area contributed by atoms with Crippen LogP contribution in [0.1, 0.15) is 47.2 Å². The highest BCUT2D eigenvalue weighted by molar-refractivity contribution is 5.73. The minimum Gasteiger partial charge on any atom is -0.256 e. The van der Waals surface area contributed by atoms with E-state index < -0.39 is 19.1 Å². The molecule has 3 nitrogen and oxygen atoms in total. The molecule has 3 heteroatoms. The van der Waals surface area contributed by atoms with Gasteiger partial charge in [-0.15, -0.1) is 0 Å². The Labute approximate surface area is 333 Å². The van der Waals surface area contributed by atoms with Gasteiger partial charge in [-0.1, -0.05) is 151 Å². The first-order valence-electron chi connectivity index (χ1n) is 21.7. The topological polar surface area (TPSA) is 38.7 Å². The lowest BCUT2D eigenvalue weighted by atomic mass is 9.92. The van der Waals surface area contributed by atoms with Crippen LogP contribution in [0.5, 0.6) is 0 Å². The van der Waals surface area contributed by atoms with E-state index in [0.717, 1.165) is 44.8 Å². The van der Waals surface area contributed by atoms with Gasteiger partial charge in [0.25, 0.3) is 0 Å². The summed E-state index contributed by atoms with van der Waals surface area (Å²) in [5.74, 6) is 0. The number of nitrogens with zero attached hydrogens (tertiary/aromatic N) is 3. The van der Waals surface area contributed by atoms with Gasteiger partial charge in [-0.2, -0.15) is 0 Å². The molecule has 0 N–H and O–H groups in total. The maximum atomic E-state index is 9.67. The summed E-state index contributed by atoms with van der Waals surface area (Å²) in [6.45, 7) is 1.99. The Morgan fingerprint density at radius 3 is 1.44 bits per heavy atom. The Kier molecular flexibility index (Phi) is 9.03. The molecule has 8 aromatic rings. The summed E-state index contributed by atoms with van der Waals surface area (Å²) in [6.07, 6.45) is -1.18. The van der Waals surface area contributed by atoms with Gasteiger partial charge in [-0.3, -0.25) is 15.0 Å². The first-order chi connectivity index (χ1) is 29.4. The third-order valence-corrected chi connectivity index (χ3v) is 9.66. The van der Waals surface area contributed by atoms with Gasteiger partial charge < -0.3 is 0 Å². The second-order valence-corrected chi connectivity index (χ2v) is 13.7. The molecule has 8 rings (SSSR count). The number of benzene rings is 5. The molecule has 3 heterocycles. The minimum atomic E-state index is -2.62. The average molecular weight is 718 g/mol. The molecule has 0 radical (unpaired) electrons. The van der Waals surface area contributed by atoms with E-state index in [-0.39, 0.29) is 23.1 Å². The molecule has 0 fully saturated rings. The van der Waals surface area contributed by atoms with Gasteiger partial charge in [0.15, 0.2) is 0 Å². The summed E-state index contributed by atoms with van der Waals surface area (Å²) in [5.41, 5.74) is 10.2. The summed E-state index contributed by atoms with van der Waals surface area (Å²) < 4.78 is 57.5. The van der Waals surface area contributed by atoms with Crippen LogP contribution >= 0.6 is 0 Å². The fraction of sp³-hybridized carbons (Fsp3) is 0.135. The van der Waals surface area contributed by atoms with E-state index in [4.69, 9.17) is 4.98 Å². The van der Waals surface area contributed by atoms with Crippen molar-refractivity contribution in [1.82, 2.24) is 15.0 Å². The van der Waals surface area contributed by atoms with Gasteiger partial charge in [0.2, 0.25) is 0 Å². The van der Waals surface area contributed by atoms with E-state index in [1.807, 2.05) is 159 Å². The van der Waals surface area contributed by atoms with Crippen molar-refractivity contribution in [3.8, 4) is 44.9 Å². The Morgan fingerprint density at radius 2 is 0.873 bits per heavy atom. The van der Waals surface area contributed by atoms with Gasteiger partial charge in [-0.25, -0.2) is 0 Å². The largest absolute Gasteiger partial charge is 0.256 e. The zero-order valence-corrected chi connectivity index (χ0v) is 30.8. The predicted octanol–water partition coefficient (Wildman–Crippen LogP) is 12.2. The quantitative estimate of drug-likeness (QED) is 0.119. The number of hydrogen-bond acceptors (Lipinski definition) is 3. The van der Waals surface area contributed by atoms with Gasteiger partial charge in [0.05, 0.1) is 17.1 Å². The Bertz CT molecular complexity index is 2720. The van der Waals surface area contributed by atoms with Gasteiger partial charge in [0.1, 0.15) is 0 Å². The standard InChI is InChI=1S/C52H45N3/c1-38-17-26-44(27-18-38)49-34-52(47-15-9-4-10-16-47)55-37-48(49)28-23-43-32-41(21-19-39-24-29-50(53-35-39)45-11-5-2-6-12-45)31-42(33-43)22-20-40-25-30-51(54-36-40)46-13-7-3-8-14-46/h2-18,24-27,29-37H,19-23,28H2,1H3/i21D2,23D2,28D2. The van der Waals surface area contributed by atoms with Crippen molar-refractivity contribution in [1.29, 1.82) is 0 Å². The maximum absolute atomic E-state index is 9.67. The summed E-state index contributed by atoms with van der Waals surface area (Å²) in [6, 6.07) is 51.8. The molecule has 55 heavy (non-hydrogen) atoms. The first kappa shape index (κ1) is 29.0. The van der Waals surface area contributed by atoms with Gasteiger partial charge in [0, 0.05) is 43.5 Å². The zero-order chi connectivity index (χ0) is 42.6. The fourth-order valence-electron chi connectivity index (χ4n) is 6.60. The summed E-state index contributed by atoms with van der Waals surface area (Å²) in [7, 11) is 0. The second-order valence-electron chi connectivity index (χ2n) is 13.7. The van der Waals surface area contributed by atoms with Crippen molar-refractivity contribution in [3.63, 3.8) is 0 Å². The number of aryl methyl sites for hydroxylation is 7. The molecule has 0 saturated carbocycles. The molecule has 0 saturated heterocycles. The molecule has 5 aromatic carbocycles. The van der Waals surface area contributed by atoms with Crippen molar-refractivity contribution in [2.24, 2.45) is 0 Å². The third kappa shape index (κ3) is 9.20. The third-order valence-electron chi connectivity index (χ3n) is 9.66. The molecular weight excluding hydrogens is 667 g/mol. The van der Waals surface area contributed by atoms with E-state index in [0.29, 0.717) is 35.2 Å². The van der Waals surface area contributed by atoms with E-state index in [2.05, 4.69) is 9.97 Å². The summed E-state index contributed by atoms with van der Waals surface area (Å²) in [5, 5.41) is 0. The van der Waals surface area contributed by atoms with E-state index >= 15 is 0 Å². The Balaban J connectivity index is 1.17. The van der Waals surface area contributed by atoms with Crippen LogP contribution in [-0.2, 0) is 38.4 Å². The molecule has 0 spiro atoms. The molecule has 0 unspecified atom stereocenters. The van der Waals surface area contributed by atoms with Crippen LogP contribution in [-0.4, -0.2) is 15.0 Å². The molecule has 0 aliphatic rings. The van der Waals surface area contributed by atoms with Crippen LogP contribution in [0.4, 0.5) is 0 Å². The lowest BCUT2D eigenvalue weighted by Gasteiger charge is -2.14. The highest BCUT2D eigenvalue weighted by Gasteiger charge is 2.12. The Hall–Kier alpha value is -6.45. The molecule has 0 atom stereocenters. The minimum absolute atomic E-state index is 0.0127. The summed E-state index contributed by atoms with van der Waals surface area (Å²) in [4.78, 5) is 14.0. The highest BCUT2D eigenvalue weighted by atomic mass is 14.7. The SMILES string of the molecule is [2H]C([2H])(Cc1ccc(-c2ccccc2)nc1)c1cc(CCc2ccc(-c3ccccc3)nc2)cc(C([2H])([2H])C([2H])([2H])c2cnc(-c3ccccc3)cc2-c2ccc(C)cc2)c1. The smallest absolute Gasteiger partial charge is 0.0708 e. The molecule has 0 amide bonds. The molecule has 0 bridgehead atoms. The van der Waals surface area contributed by atoms with Crippen LogP contribution in [0, 0.1) is 6.92 Å². The fourth-order valence-corrected chi connectivity index (χ4v) is 6.60. The lowest BCUT2D eigenvalue weighted by molar-refractivity contribution is 0.897. The molecular formula is C52H45N3. The van der Waals surface area contributed by atoms with Crippen LogP contribution < -0.4 is 0 Å². The van der Waals surface area contributed by atoms with Crippen molar-refractivity contribution < 1.29 is 8.22 Å². The maximum Gasteiger partial charge on any atom is 0.0708 e. The molecule has 268 valence electrons. The van der Waals surface area contributed by atoms with Crippen molar-refractivity contribution in [3.05, 3.63) is 221 Å². The number of hydrogen-bond donors (Lipinski definition) is 0. The highest BCUT2D eigenvalue weighted by Crippen LogP contribution is 2.30. The van der Waals surface area contributed by atoms with Crippen LogP contribution in [0.2, 0.25) is 0 Å². The molecule has 0 aliphatic carbocycles. The van der Waals surface area contributed by atoms with Crippen molar-refractivity contribution in [2.45, 2.75) is 45.3 Å². The average Bonchev–Trinajstić information content (AvgIpc) is 3.29. The summed E-state index contributed by atoms with van der Waals surface area (Å²) >= 11 is 0.